The summed E-state index contributed by atoms with van der Waals surface area (Å²) in [6.45, 7) is 3.71. The Kier molecular flexibility index (Phi) is 4.75. The van der Waals surface area contributed by atoms with Crippen molar-refractivity contribution in [1.82, 2.24) is 0 Å². The molecule has 0 nitrogen and oxygen atoms in total. The largest absolute Gasteiger partial charge is 0.122 e. The average molecular weight is 202 g/mol. The maximum atomic E-state index is 5.71. The first-order valence-electron chi connectivity index (χ1n) is 3.05. The minimum atomic E-state index is -0.659. The molecule has 0 aliphatic rings. The van der Waals surface area contributed by atoms with E-state index in [0.29, 0.717) is 12.3 Å². The van der Waals surface area contributed by atoms with Crippen molar-refractivity contribution in [2.75, 3.05) is 5.88 Å². The SMILES string of the molecule is C/C(=C\CC(C)(Cl)Cl)CCl. The van der Waals surface area contributed by atoms with Crippen molar-refractivity contribution in [1.29, 1.82) is 0 Å². The summed E-state index contributed by atoms with van der Waals surface area (Å²) < 4.78 is -0.659. The lowest BCUT2D eigenvalue weighted by Gasteiger charge is -2.09. The van der Waals surface area contributed by atoms with Crippen molar-refractivity contribution in [3.8, 4) is 0 Å². The van der Waals surface area contributed by atoms with E-state index in [9.17, 15) is 0 Å². The third-order valence-electron chi connectivity index (χ3n) is 1.02. The van der Waals surface area contributed by atoms with Gasteiger partial charge in [0.05, 0.1) is 0 Å². The molecule has 0 aliphatic heterocycles. The maximum absolute atomic E-state index is 5.71. The van der Waals surface area contributed by atoms with Crippen LogP contribution >= 0.6 is 34.8 Å². The second-order valence-electron chi connectivity index (χ2n) is 2.46. The summed E-state index contributed by atoms with van der Waals surface area (Å²) in [5.41, 5.74) is 1.11. The van der Waals surface area contributed by atoms with Crippen LogP contribution in [-0.2, 0) is 0 Å². The van der Waals surface area contributed by atoms with Gasteiger partial charge in [0.2, 0.25) is 0 Å². The minimum Gasteiger partial charge on any atom is -0.122 e. The first-order chi connectivity index (χ1) is 4.45. The lowest BCUT2D eigenvalue weighted by Crippen LogP contribution is -2.03. The molecule has 0 N–H and O–H groups in total. The summed E-state index contributed by atoms with van der Waals surface area (Å²) in [5.74, 6) is 0.545. The molecule has 3 heteroatoms. The summed E-state index contributed by atoms with van der Waals surface area (Å²) in [6.07, 6.45) is 2.60. The molecule has 0 spiro atoms. The summed E-state index contributed by atoms with van der Waals surface area (Å²) in [6, 6.07) is 0. The molecule has 0 rings (SSSR count). The van der Waals surface area contributed by atoms with Gasteiger partial charge in [0.1, 0.15) is 4.33 Å². The van der Waals surface area contributed by atoms with Crippen molar-refractivity contribution in [2.45, 2.75) is 24.6 Å². The quantitative estimate of drug-likeness (QED) is 0.482. The Balaban J connectivity index is 3.73. The minimum absolute atomic E-state index is 0.545. The summed E-state index contributed by atoms with van der Waals surface area (Å²) >= 11 is 17.0. The highest BCUT2D eigenvalue weighted by Gasteiger charge is 2.13. The molecule has 10 heavy (non-hydrogen) atoms. The van der Waals surface area contributed by atoms with Gasteiger partial charge in [0.25, 0.3) is 0 Å². The molecule has 0 fully saturated rings. The van der Waals surface area contributed by atoms with Gasteiger partial charge < -0.3 is 0 Å². The second kappa shape index (κ2) is 4.48. The van der Waals surface area contributed by atoms with Crippen LogP contribution in [0, 0.1) is 0 Å². The average Bonchev–Trinajstić information content (AvgIpc) is 1.81. The van der Waals surface area contributed by atoms with Gasteiger partial charge >= 0.3 is 0 Å². The molecule has 0 aromatic carbocycles. The highest BCUT2D eigenvalue weighted by molar-refractivity contribution is 6.48. The molecule has 0 radical (unpaired) electrons. The van der Waals surface area contributed by atoms with E-state index in [4.69, 9.17) is 34.8 Å². The number of allylic oxidation sites excluding steroid dienone is 2. The van der Waals surface area contributed by atoms with E-state index in [1.54, 1.807) is 6.92 Å². The highest BCUT2D eigenvalue weighted by Crippen LogP contribution is 2.24. The fourth-order valence-corrected chi connectivity index (χ4v) is 0.671. The topological polar surface area (TPSA) is 0 Å². The summed E-state index contributed by atoms with van der Waals surface area (Å²) in [5, 5.41) is 0. The maximum Gasteiger partial charge on any atom is 0.119 e. The Labute approximate surface area is 77.1 Å². The number of alkyl halides is 3. The van der Waals surface area contributed by atoms with Crippen LogP contribution in [0.3, 0.4) is 0 Å². The lowest BCUT2D eigenvalue weighted by atomic mass is 10.2. The Hall–Kier alpha value is 0.610. The molecule has 0 amide bonds. The monoisotopic (exact) mass is 200 g/mol. The van der Waals surface area contributed by atoms with Gasteiger partial charge in [-0.25, -0.2) is 0 Å². The summed E-state index contributed by atoms with van der Waals surface area (Å²) in [7, 11) is 0. The Bertz CT molecular complexity index is 121. The van der Waals surface area contributed by atoms with Gasteiger partial charge in [0, 0.05) is 5.88 Å². The van der Waals surface area contributed by atoms with Crippen LogP contribution in [0.1, 0.15) is 20.3 Å². The number of halogens is 3. The number of hydrogen-bond acceptors (Lipinski definition) is 0. The highest BCUT2D eigenvalue weighted by atomic mass is 35.5. The molecule has 0 aromatic rings. The molecule has 60 valence electrons. The fourth-order valence-electron chi connectivity index (χ4n) is 0.408. The van der Waals surface area contributed by atoms with Crippen LogP contribution in [0.4, 0.5) is 0 Å². The van der Waals surface area contributed by atoms with Crippen LogP contribution in [-0.4, -0.2) is 10.2 Å². The van der Waals surface area contributed by atoms with Crippen molar-refractivity contribution >= 4 is 34.8 Å². The molecule has 0 saturated carbocycles. The van der Waals surface area contributed by atoms with Crippen molar-refractivity contribution < 1.29 is 0 Å². The molecule has 0 unspecified atom stereocenters. The zero-order valence-electron chi connectivity index (χ0n) is 6.13. The van der Waals surface area contributed by atoms with Gasteiger partial charge in [0.15, 0.2) is 0 Å². The van der Waals surface area contributed by atoms with Crippen LogP contribution in [0.2, 0.25) is 0 Å². The molecule has 0 aromatic heterocycles. The molecule has 0 heterocycles. The molecular formula is C7H11Cl3. The molecule has 0 saturated heterocycles. The van der Waals surface area contributed by atoms with E-state index in [0.717, 1.165) is 5.57 Å². The standard InChI is InChI=1S/C7H11Cl3/c1-6(5-8)3-4-7(2,9)10/h3H,4-5H2,1-2H3/b6-3+. The van der Waals surface area contributed by atoms with E-state index in [-0.39, 0.29) is 0 Å². The van der Waals surface area contributed by atoms with Crippen molar-refractivity contribution in [2.24, 2.45) is 0 Å². The second-order valence-corrected chi connectivity index (χ2v) is 4.59. The molecule has 0 aliphatic carbocycles. The van der Waals surface area contributed by atoms with E-state index in [1.165, 1.54) is 0 Å². The Morgan fingerprint density at radius 2 is 2.00 bits per heavy atom. The molecule has 0 atom stereocenters. The van der Waals surface area contributed by atoms with Crippen LogP contribution in [0.25, 0.3) is 0 Å². The molecule has 0 bridgehead atoms. The predicted molar refractivity (Wildman–Crippen MR) is 49.2 cm³/mol. The number of hydrogen-bond donors (Lipinski definition) is 0. The van der Waals surface area contributed by atoms with E-state index < -0.39 is 4.33 Å². The fraction of sp³-hybridized carbons (Fsp3) is 0.714. The van der Waals surface area contributed by atoms with E-state index in [2.05, 4.69) is 0 Å². The van der Waals surface area contributed by atoms with Crippen molar-refractivity contribution in [3.63, 3.8) is 0 Å². The summed E-state index contributed by atoms with van der Waals surface area (Å²) in [4.78, 5) is 0. The van der Waals surface area contributed by atoms with Crippen molar-refractivity contribution in [3.05, 3.63) is 11.6 Å². The van der Waals surface area contributed by atoms with Crippen LogP contribution in [0.15, 0.2) is 11.6 Å². The van der Waals surface area contributed by atoms with Crippen LogP contribution in [0.5, 0.6) is 0 Å². The normalized spacial score (nSPS) is 13.9. The third kappa shape index (κ3) is 6.73. The van der Waals surface area contributed by atoms with Gasteiger partial charge in [-0.05, 0) is 20.3 Å². The van der Waals surface area contributed by atoms with Gasteiger partial charge in [-0.15, -0.1) is 34.8 Å². The van der Waals surface area contributed by atoms with Gasteiger partial charge in [-0.1, -0.05) is 11.6 Å². The zero-order valence-corrected chi connectivity index (χ0v) is 8.39. The van der Waals surface area contributed by atoms with Gasteiger partial charge in [-0.3, -0.25) is 0 Å². The third-order valence-corrected chi connectivity index (χ3v) is 1.75. The molecular weight excluding hydrogens is 190 g/mol. The first kappa shape index (κ1) is 10.6. The van der Waals surface area contributed by atoms with Crippen LogP contribution < -0.4 is 0 Å². The Morgan fingerprint density at radius 1 is 1.50 bits per heavy atom. The zero-order chi connectivity index (χ0) is 8.20. The van der Waals surface area contributed by atoms with E-state index in [1.807, 2.05) is 13.0 Å². The number of rotatable bonds is 3. The lowest BCUT2D eigenvalue weighted by molar-refractivity contribution is 0.876. The van der Waals surface area contributed by atoms with E-state index >= 15 is 0 Å². The first-order valence-corrected chi connectivity index (χ1v) is 4.34. The Morgan fingerprint density at radius 3 is 2.30 bits per heavy atom. The van der Waals surface area contributed by atoms with Gasteiger partial charge in [-0.2, -0.15) is 0 Å². The predicted octanol–water partition coefficient (Wildman–Crippen LogP) is 3.76. The smallest absolute Gasteiger partial charge is 0.119 e.